The third kappa shape index (κ3) is 3.94. The highest BCUT2D eigenvalue weighted by Gasteiger charge is 2.34. The van der Waals surface area contributed by atoms with Gasteiger partial charge in [-0.1, -0.05) is 34.8 Å². The molecule has 0 bridgehead atoms. The summed E-state index contributed by atoms with van der Waals surface area (Å²) in [6.07, 6.45) is -0.609. The van der Waals surface area contributed by atoms with Gasteiger partial charge < -0.3 is 10.1 Å². The SMILES string of the molecule is Cc1cc(OC(NC=O)C(Cl)(Cl)Cl)cc(C)c1C. The first-order valence-electron chi connectivity index (χ1n) is 5.26. The summed E-state index contributed by atoms with van der Waals surface area (Å²) >= 11 is 17.2. The number of halogens is 3. The lowest BCUT2D eigenvalue weighted by Gasteiger charge is -2.25. The quantitative estimate of drug-likeness (QED) is 0.525. The van der Waals surface area contributed by atoms with Gasteiger partial charge in [-0.15, -0.1) is 0 Å². The normalized spacial score (nSPS) is 13.0. The van der Waals surface area contributed by atoms with Crippen molar-refractivity contribution < 1.29 is 9.53 Å². The van der Waals surface area contributed by atoms with Crippen LogP contribution in [0, 0.1) is 20.8 Å². The van der Waals surface area contributed by atoms with E-state index >= 15 is 0 Å². The average Bonchev–Trinajstić information content (AvgIpc) is 2.24. The van der Waals surface area contributed by atoms with Crippen LogP contribution >= 0.6 is 34.8 Å². The van der Waals surface area contributed by atoms with E-state index in [4.69, 9.17) is 39.5 Å². The molecule has 1 N–H and O–H groups in total. The van der Waals surface area contributed by atoms with Gasteiger partial charge in [-0.3, -0.25) is 4.79 Å². The number of carbonyl (C=O) groups excluding carboxylic acids is 1. The maximum absolute atomic E-state index is 10.5. The van der Waals surface area contributed by atoms with Crippen molar-refractivity contribution in [1.29, 1.82) is 0 Å². The summed E-state index contributed by atoms with van der Waals surface area (Å²) in [5.41, 5.74) is 3.31. The number of benzene rings is 1. The number of hydrogen-bond acceptors (Lipinski definition) is 2. The van der Waals surface area contributed by atoms with Crippen LogP contribution < -0.4 is 10.1 Å². The van der Waals surface area contributed by atoms with Gasteiger partial charge in [0.15, 0.2) is 0 Å². The summed E-state index contributed by atoms with van der Waals surface area (Å²) in [7, 11) is 0. The second-order valence-electron chi connectivity index (χ2n) is 4.01. The van der Waals surface area contributed by atoms with Gasteiger partial charge in [-0.25, -0.2) is 0 Å². The number of aryl methyl sites for hydroxylation is 2. The molecule has 1 aromatic carbocycles. The molecule has 1 aromatic rings. The number of ether oxygens (including phenoxy) is 1. The van der Waals surface area contributed by atoms with Crippen LogP contribution in [0.15, 0.2) is 12.1 Å². The van der Waals surface area contributed by atoms with Crippen LogP contribution in [0.4, 0.5) is 0 Å². The summed E-state index contributed by atoms with van der Waals surface area (Å²) in [5, 5.41) is 2.33. The smallest absolute Gasteiger partial charge is 0.246 e. The first-order chi connectivity index (χ1) is 8.25. The van der Waals surface area contributed by atoms with E-state index in [0.717, 1.165) is 11.1 Å². The molecule has 18 heavy (non-hydrogen) atoms. The first kappa shape index (κ1) is 15.4. The highest BCUT2D eigenvalue weighted by molar-refractivity contribution is 6.68. The molecule has 0 saturated heterocycles. The molecule has 100 valence electrons. The lowest BCUT2D eigenvalue weighted by molar-refractivity contribution is -0.111. The van der Waals surface area contributed by atoms with Crippen LogP contribution in [0.2, 0.25) is 0 Å². The van der Waals surface area contributed by atoms with Gasteiger partial charge >= 0.3 is 0 Å². The molecular formula is C12H14Cl3NO2. The predicted molar refractivity (Wildman–Crippen MR) is 74.6 cm³/mol. The minimum atomic E-state index is -1.74. The van der Waals surface area contributed by atoms with E-state index in [1.54, 1.807) is 0 Å². The molecule has 0 heterocycles. The van der Waals surface area contributed by atoms with Crippen LogP contribution in [0.1, 0.15) is 16.7 Å². The molecule has 1 rings (SSSR count). The van der Waals surface area contributed by atoms with Crippen LogP contribution in [-0.4, -0.2) is 16.4 Å². The van der Waals surface area contributed by atoms with Gasteiger partial charge in [0, 0.05) is 0 Å². The minimum Gasteiger partial charge on any atom is -0.466 e. The van der Waals surface area contributed by atoms with Crippen LogP contribution in [-0.2, 0) is 4.79 Å². The summed E-state index contributed by atoms with van der Waals surface area (Å²) < 4.78 is 3.76. The molecule has 0 saturated carbocycles. The molecule has 1 atom stereocenters. The highest BCUT2D eigenvalue weighted by atomic mass is 35.6. The molecule has 3 nitrogen and oxygen atoms in total. The van der Waals surface area contributed by atoms with E-state index in [2.05, 4.69) is 5.32 Å². The molecule has 0 aliphatic heterocycles. The van der Waals surface area contributed by atoms with E-state index in [1.807, 2.05) is 32.9 Å². The summed E-state index contributed by atoms with van der Waals surface area (Å²) in [4.78, 5) is 10.5. The lowest BCUT2D eigenvalue weighted by atomic mass is 10.0. The Morgan fingerprint density at radius 3 is 2.11 bits per heavy atom. The molecule has 0 aliphatic rings. The van der Waals surface area contributed by atoms with Crippen molar-refractivity contribution in [3.05, 3.63) is 28.8 Å². The van der Waals surface area contributed by atoms with E-state index in [1.165, 1.54) is 5.56 Å². The van der Waals surface area contributed by atoms with Gasteiger partial charge in [0.25, 0.3) is 0 Å². The molecule has 6 heteroatoms. The predicted octanol–water partition coefficient (Wildman–Crippen LogP) is 3.43. The van der Waals surface area contributed by atoms with Crippen molar-refractivity contribution >= 4 is 41.2 Å². The maximum atomic E-state index is 10.5. The number of alkyl halides is 3. The Bertz CT molecular complexity index is 420. The fourth-order valence-corrected chi connectivity index (χ4v) is 1.78. The molecule has 0 aromatic heterocycles. The second-order valence-corrected chi connectivity index (χ2v) is 6.38. The Hall–Kier alpha value is -0.640. The lowest BCUT2D eigenvalue weighted by Crippen LogP contribution is -2.44. The molecule has 1 amide bonds. The van der Waals surface area contributed by atoms with Crippen LogP contribution in [0.25, 0.3) is 0 Å². The number of rotatable bonds is 4. The molecule has 1 unspecified atom stereocenters. The van der Waals surface area contributed by atoms with Crippen LogP contribution in [0.3, 0.4) is 0 Å². The van der Waals surface area contributed by atoms with Crippen molar-refractivity contribution in [2.45, 2.75) is 30.8 Å². The Morgan fingerprint density at radius 1 is 1.22 bits per heavy atom. The molecule has 0 fully saturated rings. The Balaban J connectivity index is 2.98. The average molecular weight is 311 g/mol. The third-order valence-corrected chi connectivity index (χ3v) is 3.27. The molecule has 0 aliphatic carbocycles. The van der Waals surface area contributed by atoms with E-state index < -0.39 is 10.0 Å². The van der Waals surface area contributed by atoms with Crippen molar-refractivity contribution in [3.8, 4) is 5.75 Å². The molecular weight excluding hydrogens is 296 g/mol. The Morgan fingerprint density at radius 2 is 1.72 bits per heavy atom. The van der Waals surface area contributed by atoms with E-state index in [9.17, 15) is 4.79 Å². The zero-order valence-corrected chi connectivity index (χ0v) is 12.5. The fourth-order valence-electron chi connectivity index (χ4n) is 1.46. The maximum Gasteiger partial charge on any atom is 0.246 e. The van der Waals surface area contributed by atoms with E-state index in [-0.39, 0.29) is 0 Å². The van der Waals surface area contributed by atoms with Crippen molar-refractivity contribution in [1.82, 2.24) is 5.32 Å². The number of hydrogen-bond donors (Lipinski definition) is 1. The van der Waals surface area contributed by atoms with E-state index in [0.29, 0.717) is 12.2 Å². The summed E-state index contributed by atoms with van der Waals surface area (Å²) in [5.74, 6) is 0.543. The Labute approximate surface area is 121 Å². The van der Waals surface area contributed by atoms with Crippen molar-refractivity contribution in [3.63, 3.8) is 0 Å². The molecule has 0 spiro atoms. The number of amides is 1. The van der Waals surface area contributed by atoms with Crippen molar-refractivity contribution in [2.75, 3.05) is 0 Å². The highest BCUT2D eigenvalue weighted by Crippen LogP contribution is 2.32. The second kappa shape index (κ2) is 6.00. The number of nitrogens with one attached hydrogen (secondary N) is 1. The zero-order valence-electron chi connectivity index (χ0n) is 10.3. The van der Waals surface area contributed by atoms with Crippen molar-refractivity contribution in [2.24, 2.45) is 0 Å². The molecule has 0 radical (unpaired) electrons. The largest absolute Gasteiger partial charge is 0.466 e. The minimum absolute atomic E-state index is 0.431. The van der Waals surface area contributed by atoms with Gasteiger partial charge in [-0.05, 0) is 49.6 Å². The standard InChI is InChI=1S/C12H14Cl3NO2/c1-7-4-10(5-8(2)9(7)3)18-11(16-6-17)12(13,14)15/h4-6,11H,1-3H3,(H,16,17). The topological polar surface area (TPSA) is 38.3 Å². The zero-order chi connectivity index (χ0) is 13.9. The van der Waals surface area contributed by atoms with Crippen LogP contribution in [0.5, 0.6) is 5.75 Å². The van der Waals surface area contributed by atoms with Gasteiger partial charge in [-0.2, -0.15) is 0 Å². The van der Waals surface area contributed by atoms with Gasteiger partial charge in [0.05, 0.1) is 0 Å². The van der Waals surface area contributed by atoms with Gasteiger partial charge in [0.2, 0.25) is 16.4 Å². The monoisotopic (exact) mass is 309 g/mol. The Kier molecular flexibility index (Phi) is 5.14. The van der Waals surface area contributed by atoms with Gasteiger partial charge in [0.1, 0.15) is 5.75 Å². The summed E-state index contributed by atoms with van der Waals surface area (Å²) in [6.45, 7) is 5.95. The first-order valence-corrected chi connectivity index (χ1v) is 6.40. The number of carbonyl (C=O) groups is 1. The summed E-state index contributed by atoms with van der Waals surface area (Å²) in [6, 6.07) is 3.66. The fraction of sp³-hybridized carbons (Fsp3) is 0.417. The third-order valence-electron chi connectivity index (χ3n) is 2.67.